The predicted molar refractivity (Wildman–Crippen MR) is 116 cm³/mol. The zero-order valence-corrected chi connectivity index (χ0v) is 18.9. The molecule has 8 nitrogen and oxygen atoms in total. The first-order chi connectivity index (χ1) is 14.5. The van der Waals surface area contributed by atoms with Crippen LogP contribution in [0.2, 0.25) is 0 Å². The Morgan fingerprint density at radius 1 is 1.19 bits per heavy atom. The average molecular weight is 429 g/mol. The molecule has 1 aromatic rings. The van der Waals surface area contributed by atoms with Gasteiger partial charge in [0, 0.05) is 26.2 Å². The number of carbonyl (C=O) groups is 4. The van der Waals surface area contributed by atoms with E-state index in [1.54, 1.807) is 38.4 Å². The summed E-state index contributed by atoms with van der Waals surface area (Å²) in [6.45, 7) is 6.35. The van der Waals surface area contributed by atoms with Gasteiger partial charge in [-0.2, -0.15) is 0 Å². The van der Waals surface area contributed by atoms with Crippen molar-refractivity contribution in [3.8, 4) is 0 Å². The molecule has 1 aliphatic carbocycles. The zero-order valence-electron chi connectivity index (χ0n) is 18.9. The van der Waals surface area contributed by atoms with Gasteiger partial charge in [-0.05, 0) is 48.3 Å². The predicted octanol–water partition coefficient (Wildman–Crippen LogP) is 2.14. The summed E-state index contributed by atoms with van der Waals surface area (Å²) in [7, 11) is 3.20. The van der Waals surface area contributed by atoms with Crippen molar-refractivity contribution >= 4 is 23.8 Å². The lowest BCUT2D eigenvalue weighted by atomic mass is 9.64. The fourth-order valence-electron chi connectivity index (χ4n) is 5.17. The van der Waals surface area contributed by atoms with Gasteiger partial charge in [0.25, 0.3) is 11.8 Å². The van der Waals surface area contributed by atoms with Crippen LogP contribution in [0.15, 0.2) is 24.3 Å². The minimum Gasteiger partial charge on any atom is -0.355 e. The van der Waals surface area contributed by atoms with Crippen LogP contribution in [0.1, 0.15) is 56.0 Å². The Bertz CT molecular complexity index is 895. The molecule has 31 heavy (non-hydrogen) atoms. The van der Waals surface area contributed by atoms with E-state index in [0.717, 1.165) is 16.9 Å². The number of imide groups is 1. The quantitative estimate of drug-likeness (QED) is 0.702. The molecule has 1 heterocycles. The molecule has 1 spiro atoms. The van der Waals surface area contributed by atoms with Gasteiger partial charge < -0.3 is 15.5 Å². The molecule has 2 atom stereocenters. The summed E-state index contributed by atoms with van der Waals surface area (Å²) in [5, 5.41) is 5.46. The molecular weight excluding hydrogens is 396 g/mol. The van der Waals surface area contributed by atoms with E-state index in [0.29, 0.717) is 30.9 Å². The SMILES string of the molecule is CNC(=O)c1ccc(CN(C)C(=O)CN2C(=O)N[C@]3(C[C@H](C)CC(C)(C)C3)C2=O)cc1. The molecule has 0 unspecified atom stereocenters. The number of rotatable bonds is 5. The zero-order chi connectivity index (χ0) is 23.0. The van der Waals surface area contributed by atoms with Crippen molar-refractivity contribution in [2.45, 2.75) is 52.1 Å². The van der Waals surface area contributed by atoms with Gasteiger partial charge in [-0.15, -0.1) is 0 Å². The maximum Gasteiger partial charge on any atom is 0.325 e. The molecular formula is C23H32N4O4. The molecule has 0 aromatic heterocycles. The first-order valence-corrected chi connectivity index (χ1v) is 10.7. The fourth-order valence-corrected chi connectivity index (χ4v) is 5.17. The average Bonchev–Trinajstić information content (AvgIpc) is 2.89. The summed E-state index contributed by atoms with van der Waals surface area (Å²) in [6, 6.07) is 6.45. The van der Waals surface area contributed by atoms with Crippen LogP contribution in [-0.4, -0.2) is 59.7 Å². The fraction of sp³-hybridized carbons (Fsp3) is 0.565. The molecule has 1 aromatic carbocycles. The molecule has 3 rings (SSSR count). The van der Waals surface area contributed by atoms with E-state index in [2.05, 4.69) is 31.4 Å². The third-order valence-electron chi connectivity index (χ3n) is 6.21. The van der Waals surface area contributed by atoms with Crippen LogP contribution in [0, 0.1) is 11.3 Å². The highest BCUT2D eigenvalue weighted by Crippen LogP contribution is 2.46. The van der Waals surface area contributed by atoms with Crippen molar-refractivity contribution in [3.05, 3.63) is 35.4 Å². The highest BCUT2D eigenvalue weighted by atomic mass is 16.2. The molecule has 0 radical (unpaired) electrons. The van der Waals surface area contributed by atoms with E-state index in [1.807, 2.05) is 0 Å². The van der Waals surface area contributed by atoms with Gasteiger partial charge in [0.1, 0.15) is 12.1 Å². The Morgan fingerprint density at radius 2 is 1.84 bits per heavy atom. The topological polar surface area (TPSA) is 98.8 Å². The van der Waals surface area contributed by atoms with Crippen LogP contribution in [0.3, 0.4) is 0 Å². The second kappa shape index (κ2) is 8.32. The largest absolute Gasteiger partial charge is 0.355 e. The van der Waals surface area contributed by atoms with E-state index >= 15 is 0 Å². The molecule has 2 fully saturated rings. The minimum atomic E-state index is -0.910. The number of hydrogen-bond donors (Lipinski definition) is 2. The third kappa shape index (κ3) is 4.73. The summed E-state index contributed by atoms with van der Waals surface area (Å²) in [4.78, 5) is 52.8. The smallest absolute Gasteiger partial charge is 0.325 e. The number of carbonyl (C=O) groups excluding carboxylic acids is 4. The van der Waals surface area contributed by atoms with Crippen molar-refractivity contribution in [2.24, 2.45) is 11.3 Å². The van der Waals surface area contributed by atoms with Gasteiger partial charge in [0.05, 0.1) is 0 Å². The van der Waals surface area contributed by atoms with Crippen molar-refractivity contribution in [3.63, 3.8) is 0 Å². The molecule has 2 N–H and O–H groups in total. The number of benzene rings is 1. The maximum atomic E-state index is 13.2. The first kappa shape index (κ1) is 22.8. The molecule has 8 heteroatoms. The molecule has 168 valence electrons. The number of hydrogen-bond acceptors (Lipinski definition) is 4. The highest BCUT2D eigenvalue weighted by Gasteiger charge is 2.56. The maximum absolute atomic E-state index is 13.2. The molecule has 1 saturated carbocycles. The van der Waals surface area contributed by atoms with Gasteiger partial charge in [-0.25, -0.2) is 4.79 Å². The summed E-state index contributed by atoms with van der Waals surface area (Å²) in [5.74, 6) is -0.486. The number of likely N-dealkylation sites (N-methyl/N-ethyl adjacent to an activating group) is 1. The molecule has 1 aliphatic heterocycles. The third-order valence-corrected chi connectivity index (χ3v) is 6.21. The Kier molecular flexibility index (Phi) is 6.11. The van der Waals surface area contributed by atoms with Crippen LogP contribution >= 0.6 is 0 Å². The number of amides is 5. The standard InChI is InChI=1S/C23H32N4O4/c1-15-10-22(2,3)14-23(11-15)20(30)27(21(31)25-23)13-18(28)26(5)12-16-6-8-17(9-7-16)19(29)24-4/h6-9,15H,10-14H2,1-5H3,(H,24,29)(H,25,31)/t15-,23+/m1/s1. The Labute approximate surface area is 183 Å². The van der Waals surface area contributed by atoms with E-state index in [1.165, 1.54) is 4.90 Å². The lowest BCUT2D eigenvalue weighted by Gasteiger charge is -2.43. The van der Waals surface area contributed by atoms with E-state index in [4.69, 9.17) is 0 Å². The minimum absolute atomic E-state index is 0.0573. The summed E-state index contributed by atoms with van der Waals surface area (Å²) < 4.78 is 0. The normalized spacial score (nSPS) is 24.8. The van der Waals surface area contributed by atoms with Gasteiger partial charge >= 0.3 is 6.03 Å². The molecule has 1 saturated heterocycles. The van der Waals surface area contributed by atoms with E-state index in [-0.39, 0.29) is 29.7 Å². The molecule has 5 amide bonds. The van der Waals surface area contributed by atoms with Crippen LogP contribution in [0.5, 0.6) is 0 Å². The summed E-state index contributed by atoms with van der Waals surface area (Å²) in [6.07, 6.45) is 2.17. The molecule has 2 aliphatic rings. The van der Waals surface area contributed by atoms with Crippen LogP contribution in [0.4, 0.5) is 4.79 Å². The Morgan fingerprint density at radius 3 is 2.42 bits per heavy atom. The lowest BCUT2D eigenvalue weighted by molar-refractivity contribution is -0.140. The van der Waals surface area contributed by atoms with Crippen molar-refractivity contribution in [1.82, 2.24) is 20.4 Å². The Hall–Kier alpha value is -2.90. The summed E-state index contributed by atoms with van der Waals surface area (Å²) in [5.41, 5.74) is 0.417. The van der Waals surface area contributed by atoms with Crippen LogP contribution < -0.4 is 10.6 Å². The van der Waals surface area contributed by atoms with Gasteiger partial charge in [0.15, 0.2) is 0 Å². The van der Waals surface area contributed by atoms with E-state index < -0.39 is 11.6 Å². The second-order valence-electron chi connectivity index (χ2n) is 9.78. The summed E-state index contributed by atoms with van der Waals surface area (Å²) >= 11 is 0. The first-order valence-electron chi connectivity index (χ1n) is 10.7. The number of nitrogens with one attached hydrogen (secondary N) is 2. The number of nitrogens with zero attached hydrogens (tertiary/aromatic N) is 2. The second-order valence-corrected chi connectivity index (χ2v) is 9.78. The van der Waals surface area contributed by atoms with Crippen LogP contribution in [-0.2, 0) is 16.1 Å². The van der Waals surface area contributed by atoms with Gasteiger partial charge in [-0.3, -0.25) is 19.3 Å². The van der Waals surface area contributed by atoms with Crippen molar-refractivity contribution < 1.29 is 19.2 Å². The lowest BCUT2D eigenvalue weighted by Crippen LogP contribution is -2.54. The van der Waals surface area contributed by atoms with Crippen molar-refractivity contribution in [2.75, 3.05) is 20.6 Å². The highest BCUT2D eigenvalue weighted by molar-refractivity contribution is 6.09. The monoisotopic (exact) mass is 428 g/mol. The Balaban J connectivity index is 1.65. The van der Waals surface area contributed by atoms with Gasteiger partial charge in [0.2, 0.25) is 5.91 Å². The van der Waals surface area contributed by atoms with Crippen LogP contribution in [0.25, 0.3) is 0 Å². The molecule has 0 bridgehead atoms. The van der Waals surface area contributed by atoms with Gasteiger partial charge in [-0.1, -0.05) is 32.9 Å². The van der Waals surface area contributed by atoms with Crippen molar-refractivity contribution in [1.29, 1.82) is 0 Å². The van der Waals surface area contributed by atoms with E-state index in [9.17, 15) is 19.2 Å². The number of urea groups is 1.